The van der Waals surface area contributed by atoms with Gasteiger partial charge in [-0.25, -0.2) is 14.8 Å². The average Bonchev–Trinajstić information content (AvgIpc) is 3.19. The molecule has 0 bridgehead atoms. The van der Waals surface area contributed by atoms with Crippen molar-refractivity contribution in [1.82, 2.24) is 15.0 Å². The molecule has 2 heterocycles. The van der Waals surface area contributed by atoms with Gasteiger partial charge in [-0.2, -0.15) is 0 Å². The van der Waals surface area contributed by atoms with Gasteiger partial charge in [0.05, 0.1) is 12.1 Å². The van der Waals surface area contributed by atoms with E-state index in [9.17, 15) is 4.79 Å². The number of anilines is 2. The molecule has 1 amide bonds. The fourth-order valence-corrected chi connectivity index (χ4v) is 3.26. The van der Waals surface area contributed by atoms with Gasteiger partial charge in [-0.3, -0.25) is 5.32 Å². The van der Waals surface area contributed by atoms with Gasteiger partial charge in [0, 0.05) is 25.2 Å². The number of rotatable bonds is 6. The summed E-state index contributed by atoms with van der Waals surface area (Å²) in [6.45, 7) is 2.70. The molecule has 2 N–H and O–H groups in total. The smallest absolute Gasteiger partial charge is 0.412 e. The molecule has 0 atom stereocenters. The zero-order valence-corrected chi connectivity index (χ0v) is 16.9. The summed E-state index contributed by atoms with van der Waals surface area (Å²) in [5, 5.41) is 2.70. The molecule has 0 aliphatic heterocycles. The second kappa shape index (κ2) is 8.65. The van der Waals surface area contributed by atoms with Crippen molar-refractivity contribution in [2.24, 2.45) is 0 Å². The van der Waals surface area contributed by atoms with Gasteiger partial charge in [0.1, 0.15) is 17.2 Å². The zero-order valence-electron chi connectivity index (χ0n) is 16.9. The number of hydrogen-bond acceptors (Lipinski definition) is 5. The van der Waals surface area contributed by atoms with Crippen LogP contribution in [0.25, 0.3) is 22.4 Å². The molecule has 0 saturated carbocycles. The van der Waals surface area contributed by atoms with Crippen LogP contribution < -0.4 is 10.2 Å². The standard InChI is InChI=1S/C23H23N5O2/c1-3-30-23(29)26-19-14-18-20(27-21(24-18)17-12-8-5-9-13-17)22(25-19)28(2)15-16-10-6-4-7-11-16/h4-14H,3,15H2,1-2H3,(H,24,27)(H,25,26,29). The van der Waals surface area contributed by atoms with Gasteiger partial charge in [0.25, 0.3) is 0 Å². The number of carbonyl (C=O) groups excluding carboxylic acids is 1. The van der Waals surface area contributed by atoms with E-state index >= 15 is 0 Å². The number of hydrogen-bond donors (Lipinski definition) is 2. The molecule has 7 heteroatoms. The number of benzene rings is 2. The number of imidazole rings is 1. The van der Waals surface area contributed by atoms with Crippen molar-refractivity contribution in [3.63, 3.8) is 0 Å². The first-order chi connectivity index (χ1) is 14.6. The quantitative estimate of drug-likeness (QED) is 0.483. The second-order valence-corrected chi connectivity index (χ2v) is 6.87. The number of fused-ring (bicyclic) bond motifs is 1. The van der Waals surface area contributed by atoms with Gasteiger partial charge in [0.2, 0.25) is 0 Å². The fraction of sp³-hybridized carbons (Fsp3) is 0.174. The molecule has 0 saturated heterocycles. The number of pyridine rings is 1. The Bertz CT molecular complexity index is 1140. The van der Waals surface area contributed by atoms with Crippen LogP contribution >= 0.6 is 0 Å². The summed E-state index contributed by atoms with van der Waals surface area (Å²) in [6.07, 6.45) is -0.538. The van der Waals surface area contributed by atoms with E-state index in [-0.39, 0.29) is 6.61 Å². The monoisotopic (exact) mass is 401 g/mol. The Morgan fingerprint density at radius 1 is 1.07 bits per heavy atom. The zero-order chi connectivity index (χ0) is 20.9. The molecular formula is C23H23N5O2. The van der Waals surface area contributed by atoms with Gasteiger partial charge in [-0.1, -0.05) is 60.7 Å². The molecule has 0 fully saturated rings. The Balaban J connectivity index is 1.76. The van der Waals surface area contributed by atoms with Crippen LogP contribution in [0.1, 0.15) is 12.5 Å². The third-order valence-electron chi connectivity index (χ3n) is 4.63. The van der Waals surface area contributed by atoms with E-state index < -0.39 is 6.09 Å². The molecule has 0 radical (unpaired) electrons. The summed E-state index contributed by atoms with van der Waals surface area (Å²) in [7, 11) is 1.96. The molecule has 7 nitrogen and oxygen atoms in total. The normalized spacial score (nSPS) is 10.7. The lowest BCUT2D eigenvalue weighted by Gasteiger charge is -2.19. The summed E-state index contributed by atoms with van der Waals surface area (Å²) < 4.78 is 5.00. The van der Waals surface area contributed by atoms with Gasteiger partial charge >= 0.3 is 6.09 Å². The number of nitrogens with one attached hydrogen (secondary N) is 2. The van der Waals surface area contributed by atoms with Crippen molar-refractivity contribution >= 4 is 28.8 Å². The average molecular weight is 401 g/mol. The van der Waals surface area contributed by atoms with E-state index in [1.807, 2.05) is 60.5 Å². The number of aromatic nitrogens is 3. The minimum absolute atomic E-state index is 0.289. The third-order valence-corrected chi connectivity index (χ3v) is 4.63. The molecule has 2 aromatic carbocycles. The number of aromatic amines is 1. The summed E-state index contributed by atoms with van der Waals surface area (Å²) in [4.78, 5) is 26.8. The number of nitrogens with zero attached hydrogens (tertiary/aromatic N) is 3. The largest absolute Gasteiger partial charge is 0.450 e. The molecule has 30 heavy (non-hydrogen) atoms. The predicted octanol–water partition coefficient (Wildman–Crippen LogP) is 4.83. The Labute approximate surface area is 174 Å². The SMILES string of the molecule is CCOC(=O)Nc1cc2[nH]c(-c3ccccc3)nc2c(N(C)Cc2ccccc2)n1. The highest BCUT2D eigenvalue weighted by atomic mass is 16.5. The van der Waals surface area contributed by atoms with E-state index in [0.717, 1.165) is 28.0 Å². The minimum Gasteiger partial charge on any atom is -0.450 e. The first-order valence-electron chi connectivity index (χ1n) is 9.79. The molecular weight excluding hydrogens is 378 g/mol. The maximum absolute atomic E-state index is 11.9. The van der Waals surface area contributed by atoms with Crippen LogP contribution in [-0.2, 0) is 11.3 Å². The van der Waals surface area contributed by atoms with Crippen molar-refractivity contribution in [2.75, 3.05) is 23.9 Å². The molecule has 152 valence electrons. The first kappa shape index (κ1) is 19.4. The molecule has 4 aromatic rings. The number of ether oxygens (including phenoxy) is 1. The lowest BCUT2D eigenvalue weighted by Crippen LogP contribution is -2.20. The Kier molecular flexibility index (Phi) is 5.61. The first-order valence-corrected chi connectivity index (χ1v) is 9.79. The molecule has 0 aliphatic rings. The van der Waals surface area contributed by atoms with E-state index in [2.05, 4.69) is 27.4 Å². The van der Waals surface area contributed by atoms with Crippen LogP contribution in [-0.4, -0.2) is 34.7 Å². The van der Waals surface area contributed by atoms with E-state index in [0.29, 0.717) is 18.2 Å². The van der Waals surface area contributed by atoms with Crippen molar-refractivity contribution in [2.45, 2.75) is 13.5 Å². The molecule has 0 unspecified atom stereocenters. The molecule has 0 aliphatic carbocycles. The van der Waals surface area contributed by atoms with Crippen LogP contribution in [0.4, 0.5) is 16.4 Å². The lowest BCUT2D eigenvalue weighted by atomic mass is 10.2. The fourth-order valence-electron chi connectivity index (χ4n) is 3.26. The summed E-state index contributed by atoms with van der Waals surface area (Å²) in [5.41, 5.74) is 3.65. The van der Waals surface area contributed by atoms with Crippen LogP contribution in [0.2, 0.25) is 0 Å². The van der Waals surface area contributed by atoms with Crippen LogP contribution in [0.3, 0.4) is 0 Å². The van der Waals surface area contributed by atoms with Crippen molar-refractivity contribution < 1.29 is 9.53 Å². The number of H-pyrrole nitrogens is 1. The van der Waals surface area contributed by atoms with E-state index in [1.54, 1.807) is 13.0 Å². The highest BCUT2D eigenvalue weighted by molar-refractivity contribution is 5.93. The Hall–Kier alpha value is -3.87. The minimum atomic E-state index is -0.538. The van der Waals surface area contributed by atoms with Crippen LogP contribution in [0.15, 0.2) is 66.7 Å². The molecule has 2 aromatic heterocycles. The number of carbonyl (C=O) groups is 1. The highest BCUT2D eigenvalue weighted by Gasteiger charge is 2.17. The molecule has 4 rings (SSSR count). The van der Waals surface area contributed by atoms with Crippen LogP contribution in [0, 0.1) is 0 Å². The van der Waals surface area contributed by atoms with Crippen LogP contribution in [0.5, 0.6) is 0 Å². The van der Waals surface area contributed by atoms with Gasteiger partial charge in [-0.15, -0.1) is 0 Å². The Morgan fingerprint density at radius 3 is 2.47 bits per heavy atom. The topological polar surface area (TPSA) is 83.1 Å². The maximum Gasteiger partial charge on any atom is 0.412 e. The van der Waals surface area contributed by atoms with Gasteiger partial charge in [-0.05, 0) is 12.5 Å². The summed E-state index contributed by atoms with van der Waals surface area (Å²) >= 11 is 0. The predicted molar refractivity (Wildman–Crippen MR) is 119 cm³/mol. The lowest BCUT2D eigenvalue weighted by molar-refractivity contribution is 0.168. The van der Waals surface area contributed by atoms with Crippen molar-refractivity contribution in [3.05, 3.63) is 72.3 Å². The van der Waals surface area contributed by atoms with E-state index in [4.69, 9.17) is 9.72 Å². The Morgan fingerprint density at radius 2 is 1.77 bits per heavy atom. The summed E-state index contributed by atoms with van der Waals surface area (Å²) in [6, 6.07) is 21.8. The third kappa shape index (κ3) is 4.25. The van der Waals surface area contributed by atoms with Gasteiger partial charge in [0.15, 0.2) is 5.82 Å². The van der Waals surface area contributed by atoms with Gasteiger partial charge < -0.3 is 14.6 Å². The van der Waals surface area contributed by atoms with Crippen molar-refractivity contribution in [1.29, 1.82) is 0 Å². The highest BCUT2D eigenvalue weighted by Crippen LogP contribution is 2.29. The number of amides is 1. The van der Waals surface area contributed by atoms with Crippen molar-refractivity contribution in [3.8, 4) is 11.4 Å². The molecule has 0 spiro atoms. The second-order valence-electron chi connectivity index (χ2n) is 6.87. The summed E-state index contributed by atoms with van der Waals surface area (Å²) in [5.74, 6) is 1.82. The van der Waals surface area contributed by atoms with E-state index in [1.165, 1.54) is 0 Å². The maximum atomic E-state index is 11.9.